The van der Waals surface area contributed by atoms with E-state index in [2.05, 4.69) is 24.3 Å². The standard InChI is InChI=1S/C17H23NO2/c19-9-7-13-4-3-8-18(12-13)17(20)16-10-14-5-1-2-6-15(14)11-16/h1-2,5-6,13,16,19H,3-4,7-12H2. The van der Waals surface area contributed by atoms with Crippen LogP contribution in [0.25, 0.3) is 0 Å². The zero-order valence-corrected chi connectivity index (χ0v) is 11.9. The van der Waals surface area contributed by atoms with Crippen LogP contribution >= 0.6 is 0 Å². The topological polar surface area (TPSA) is 40.5 Å². The van der Waals surface area contributed by atoms with Crippen LogP contribution in [0.15, 0.2) is 24.3 Å². The normalized spacial score (nSPS) is 22.9. The van der Waals surface area contributed by atoms with Crippen LogP contribution in [-0.2, 0) is 17.6 Å². The summed E-state index contributed by atoms with van der Waals surface area (Å²) in [6, 6.07) is 8.41. The minimum absolute atomic E-state index is 0.139. The molecule has 2 aliphatic rings. The van der Waals surface area contributed by atoms with E-state index in [1.807, 2.05) is 4.90 Å². The number of carbonyl (C=O) groups excluding carboxylic acids is 1. The Hall–Kier alpha value is -1.35. The number of aliphatic hydroxyl groups excluding tert-OH is 1. The summed E-state index contributed by atoms with van der Waals surface area (Å²) in [5.41, 5.74) is 2.68. The molecule has 3 rings (SSSR count). The number of likely N-dealkylation sites (tertiary alicyclic amines) is 1. The summed E-state index contributed by atoms with van der Waals surface area (Å²) in [5, 5.41) is 9.07. The van der Waals surface area contributed by atoms with Crippen LogP contribution < -0.4 is 0 Å². The lowest BCUT2D eigenvalue weighted by Crippen LogP contribution is -2.43. The highest BCUT2D eigenvalue weighted by atomic mass is 16.3. The number of benzene rings is 1. The maximum absolute atomic E-state index is 12.7. The molecule has 1 amide bonds. The number of rotatable bonds is 3. The molecule has 0 aromatic heterocycles. The first-order valence-electron chi connectivity index (χ1n) is 7.74. The van der Waals surface area contributed by atoms with E-state index in [-0.39, 0.29) is 12.5 Å². The average molecular weight is 273 g/mol. The number of amides is 1. The summed E-state index contributed by atoms with van der Waals surface area (Å²) in [5.74, 6) is 0.950. The molecule has 1 aromatic rings. The van der Waals surface area contributed by atoms with Crippen molar-refractivity contribution in [1.29, 1.82) is 0 Å². The Labute approximate surface area is 120 Å². The van der Waals surface area contributed by atoms with E-state index in [0.29, 0.717) is 11.8 Å². The number of nitrogens with zero attached hydrogens (tertiary/aromatic N) is 1. The summed E-state index contributed by atoms with van der Waals surface area (Å²) in [6.45, 7) is 1.97. The van der Waals surface area contributed by atoms with E-state index in [1.54, 1.807) is 0 Å². The number of hydrogen-bond donors (Lipinski definition) is 1. The van der Waals surface area contributed by atoms with Gasteiger partial charge in [0.1, 0.15) is 0 Å². The van der Waals surface area contributed by atoms with Gasteiger partial charge in [-0.05, 0) is 49.1 Å². The first-order chi connectivity index (χ1) is 9.78. The van der Waals surface area contributed by atoms with Gasteiger partial charge >= 0.3 is 0 Å². The van der Waals surface area contributed by atoms with Crippen molar-refractivity contribution in [2.45, 2.75) is 32.1 Å². The van der Waals surface area contributed by atoms with Gasteiger partial charge < -0.3 is 10.0 Å². The lowest BCUT2D eigenvalue weighted by molar-refractivity contribution is -0.137. The molecule has 0 radical (unpaired) electrons. The van der Waals surface area contributed by atoms with Crippen molar-refractivity contribution in [2.24, 2.45) is 11.8 Å². The number of hydrogen-bond acceptors (Lipinski definition) is 2. The van der Waals surface area contributed by atoms with E-state index in [9.17, 15) is 4.79 Å². The zero-order valence-electron chi connectivity index (χ0n) is 11.9. The first-order valence-corrected chi connectivity index (χ1v) is 7.74. The number of aliphatic hydroxyl groups is 1. The Morgan fingerprint density at radius 2 is 1.95 bits per heavy atom. The molecule has 1 unspecified atom stereocenters. The van der Waals surface area contributed by atoms with Crippen LogP contribution in [0.2, 0.25) is 0 Å². The molecule has 1 aliphatic carbocycles. The third kappa shape index (κ3) is 2.73. The van der Waals surface area contributed by atoms with Gasteiger partial charge in [0.2, 0.25) is 5.91 Å². The smallest absolute Gasteiger partial charge is 0.226 e. The van der Waals surface area contributed by atoms with Gasteiger partial charge in [0.25, 0.3) is 0 Å². The highest BCUT2D eigenvalue weighted by molar-refractivity contribution is 5.80. The van der Waals surface area contributed by atoms with Crippen molar-refractivity contribution in [3.8, 4) is 0 Å². The first kappa shape index (κ1) is 13.6. The number of fused-ring (bicyclic) bond motifs is 1. The van der Waals surface area contributed by atoms with Crippen LogP contribution in [0.5, 0.6) is 0 Å². The molecule has 1 saturated heterocycles. The van der Waals surface area contributed by atoms with Crippen LogP contribution in [0.3, 0.4) is 0 Å². The molecular formula is C17H23NO2. The maximum Gasteiger partial charge on any atom is 0.226 e. The molecule has 1 N–H and O–H groups in total. The van der Waals surface area contributed by atoms with Crippen molar-refractivity contribution in [2.75, 3.05) is 19.7 Å². The summed E-state index contributed by atoms with van der Waals surface area (Å²) in [4.78, 5) is 14.7. The summed E-state index contributed by atoms with van der Waals surface area (Å²) < 4.78 is 0. The summed E-state index contributed by atoms with van der Waals surface area (Å²) in [6.07, 6.45) is 4.85. The number of carbonyl (C=O) groups is 1. The molecule has 108 valence electrons. The van der Waals surface area contributed by atoms with Gasteiger partial charge in [-0.1, -0.05) is 24.3 Å². The monoisotopic (exact) mass is 273 g/mol. The van der Waals surface area contributed by atoms with Gasteiger partial charge in [0, 0.05) is 25.6 Å². The zero-order chi connectivity index (χ0) is 13.9. The molecule has 0 saturated carbocycles. The van der Waals surface area contributed by atoms with Crippen LogP contribution in [0.1, 0.15) is 30.4 Å². The second kappa shape index (κ2) is 5.96. The maximum atomic E-state index is 12.7. The lowest BCUT2D eigenvalue weighted by Gasteiger charge is -2.34. The molecule has 1 heterocycles. The molecule has 1 fully saturated rings. The fourth-order valence-electron chi connectivity index (χ4n) is 3.68. The van der Waals surface area contributed by atoms with Gasteiger partial charge in [-0.3, -0.25) is 4.79 Å². The third-order valence-electron chi connectivity index (χ3n) is 4.77. The molecule has 0 bridgehead atoms. The van der Waals surface area contributed by atoms with Crippen molar-refractivity contribution >= 4 is 5.91 Å². The van der Waals surface area contributed by atoms with Crippen LogP contribution in [-0.4, -0.2) is 35.6 Å². The minimum Gasteiger partial charge on any atom is -0.396 e. The lowest BCUT2D eigenvalue weighted by atomic mass is 9.93. The Balaban J connectivity index is 1.63. The van der Waals surface area contributed by atoms with Crippen LogP contribution in [0, 0.1) is 11.8 Å². The fraction of sp³-hybridized carbons (Fsp3) is 0.588. The average Bonchev–Trinajstić information content (AvgIpc) is 2.91. The largest absolute Gasteiger partial charge is 0.396 e. The Kier molecular flexibility index (Phi) is 4.06. The molecule has 0 spiro atoms. The molecule has 1 atom stereocenters. The molecule has 1 aromatic carbocycles. The SMILES string of the molecule is O=C(C1Cc2ccccc2C1)N1CCCC(CCO)C1. The third-order valence-corrected chi connectivity index (χ3v) is 4.77. The predicted octanol–water partition coefficient (Wildman–Crippen LogP) is 2.02. The van der Waals surface area contributed by atoms with Crippen molar-refractivity contribution in [3.63, 3.8) is 0 Å². The summed E-state index contributed by atoms with van der Waals surface area (Å²) >= 11 is 0. The van der Waals surface area contributed by atoms with E-state index in [1.165, 1.54) is 11.1 Å². The minimum atomic E-state index is 0.139. The highest BCUT2D eigenvalue weighted by Gasteiger charge is 2.32. The van der Waals surface area contributed by atoms with Crippen molar-refractivity contribution in [1.82, 2.24) is 4.90 Å². The molecule has 3 heteroatoms. The van der Waals surface area contributed by atoms with Gasteiger partial charge in [-0.15, -0.1) is 0 Å². The molecule has 20 heavy (non-hydrogen) atoms. The van der Waals surface area contributed by atoms with Gasteiger partial charge in [0.05, 0.1) is 0 Å². The highest BCUT2D eigenvalue weighted by Crippen LogP contribution is 2.29. The Morgan fingerprint density at radius 3 is 2.60 bits per heavy atom. The van der Waals surface area contributed by atoms with Gasteiger partial charge in [0.15, 0.2) is 0 Å². The molecule has 3 nitrogen and oxygen atoms in total. The summed E-state index contributed by atoms with van der Waals surface area (Å²) in [7, 11) is 0. The second-order valence-corrected chi connectivity index (χ2v) is 6.18. The van der Waals surface area contributed by atoms with Gasteiger partial charge in [-0.25, -0.2) is 0 Å². The Bertz CT molecular complexity index is 459. The van der Waals surface area contributed by atoms with Crippen molar-refractivity contribution < 1.29 is 9.90 Å². The predicted molar refractivity (Wildman–Crippen MR) is 78.3 cm³/mol. The van der Waals surface area contributed by atoms with Gasteiger partial charge in [-0.2, -0.15) is 0 Å². The van der Waals surface area contributed by atoms with E-state index in [0.717, 1.165) is 45.2 Å². The quantitative estimate of drug-likeness (QED) is 0.915. The molecule has 1 aliphatic heterocycles. The fourth-order valence-corrected chi connectivity index (χ4v) is 3.68. The van der Waals surface area contributed by atoms with E-state index >= 15 is 0 Å². The van der Waals surface area contributed by atoms with Crippen molar-refractivity contribution in [3.05, 3.63) is 35.4 Å². The second-order valence-electron chi connectivity index (χ2n) is 6.18. The number of piperidine rings is 1. The molecular weight excluding hydrogens is 250 g/mol. The Morgan fingerprint density at radius 1 is 1.25 bits per heavy atom. The van der Waals surface area contributed by atoms with E-state index in [4.69, 9.17) is 5.11 Å². The van der Waals surface area contributed by atoms with Crippen LogP contribution in [0.4, 0.5) is 0 Å². The van der Waals surface area contributed by atoms with E-state index < -0.39 is 0 Å².